The van der Waals surface area contributed by atoms with E-state index in [9.17, 15) is 13.6 Å². The number of hydrogen-bond acceptors (Lipinski definition) is 1. The molecule has 1 heterocycles. The average molecular weight is 294 g/mol. The van der Waals surface area contributed by atoms with Crippen molar-refractivity contribution in [3.8, 4) is 0 Å². The van der Waals surface area contributed by atoms with Gasteiger partial charge in [-0.3, -0.25) is 4.79 Å². The maximum atomic E-state index is 13.0. The number of hydrogen-bond donors (Lipinski definition) is 0. The van der Waals surface area contributed by atoms with E-state index in [1.165, 1.54) is 17.0 Å². The molecule has 1 aromatic rings. The molecule has 6 heteroatoms. The summed E-state index contributed by atoms with van der Waals surface area (Å²) in [5.41, 5.74) is 0.297. The number of rotatable bonds is 1. The SMILES string of the molecule is O=C(c1ccc(Cl)cc1Cl)N1CCC(F)(F)CC1. The fraction of sp³-hybridized carbons (Fsp3) is 0.417. The summed E-state index contributed by atoms with van der Waals surface area (Å²) in [5.74, 6) is -2.99. The van der Waals surface area contributed by atoms with Crippen LogP contribution in [0.3, 0.4) is 0 Å². The van der Waals surface area contributed by atoms with Crippen LogP contribution >= 0.6 is 23.2 Å². The van der Waals surface area contributed by atoms with Gasteiger partial charge in [-0.25, -0.2) is 8.78 Å². The van der Waals surface area contributed by atoms with Gasteiger partial charge >= 0.3 is 0 Å². The first-order chi connectivity index (χ1) is 8.39. The molecule has 1 amide bonds. The molecule has 2 rings (SSSR count). The Labute approximate surface area is 113 Å². The van der Waals surface area contributed by atoms with E-state index in [4.69, 9.17) is 23.2 Å². The Hall–Kier alpha value is -0.870. The molecule has 0 aliphatic carbocycles. The number of benzene rings is 1. The van der Waals surface area contributed by atoms with Crippen LogP contribution in [-0.4, -0.2) is 29.8 Å². The Morgan fingerprint density at radius 3 is 2.39 bits per heavy atom. The highest BCUT2D eigenvalue weighted by Gasteiger charge is 2.36. The van der Waals surface area contributed by atoms with E-state index in [0.717, 1.165) is 0 Å². The number of carbonyl (C=O) groups is 1. The average Bonchev–Trinajstić information content (AvgIpc) is 2.28. The second kappa shape index (κ2) is 5.02. The maximum Gasteiger partial charge on any atom is 0.255 e. The zero-order valence-electron chi connectivity index (χ0n) is 9.43. The Bertz CT molecular complexity index is 469. The second-order valence-electron chi connectivity index (χ2n) is 4.27. The van der Waals surface area contributed by atoms with Gasteiger partial charge in [0.05, 0.1) is 10.6 Å². The van der Waals surface area contributed by atoms with Crippen LogP contribution in [-0.2, 0) is 0 Å². The summed E-state index contributed by atoms with van der Waals surface area (Å²) in [6.07, 6.45) is -0.603. The largest absolute Gasteiger partial charge is 0.338 e. The number of alkyl halides is 2. The third-order valence-electron chi connectivity index (χ3n) is 2.94. The quantitative estimate of drug-likeness (QED) is 0.770. The number of halogens is 4. The zero-order valence-corrected chi connectivity index (χ0v) is 10.9. The minimum Gasteiger partial charge on any atom is -0.338 e. The second-order valence-corrected chi connectivity index (χ2v) is 5.12. The summed E-state index contributed by atoms with van der Waals surface area (Å²) in [4.78, 5) is 13.5. The van der Waals surface area contributed by atoms with E-state index < -0.39 is 5.92 Å². The van der Waals surface area contributed by atoms with Crippen LogP contribution in [0.1, 0.15) is 23.2 Å². The van der Waals surface area contributed by atoms with Crippen molar-refractivity contribution in [3.63, 3.8) is 0 Å². The highest BCUT2D eigenvalue weighted by atomic mass is 35.5. The van der Waals surface area contributed by atoms with E-state index >= 15 is 0 Å². The molecule has 0 radical (unpaired) electrons. The van der Waals surface area contributed by atoms with Crippen molar-refractivity contribution in [2.75, 3.05) is 13.1 Å². The Morgan fingerprint density at radius 2 is 1.83 bits per heavy atom. The lowest BCUT2D eigenvalue weighted by atomic mass is 10.1. The van der Waals surface area contributed by atoms with E-state index in [-0.39, 0.29) is 36.9 Å². The molecule has 1 aliphatic rings. The predicted octanol–water partition coefficient (Wildman–Crippen LogP) is 3.86. The van der Waals surface area contributed by atoms with Crippen LogP contribution < -0.4 is 0 Å². The molecule has 0 bridgehead atoms. The normalized spacial score (nSPS) is 18.8. The van der Waals surface area contributed by atoms with Crippen LogP contribution in [0.4, 0.5) is 8.78 Å². The molecular formula is C12H11Cl2F2NO. The number of piperidine rings is 1. The lowest BCUT2D eigenvalue weighted by molar-refractivity contribution is -0.0494. The molecule has 0 unspecified atom stereocenters. The van der Waals surface area contributed by atoms with Gasteiger partial charge < -0.3 is 4.90 Å². The monoisotopic (exact) mass is 293 g/mol. The standard InChI is InChI=1S/C12H11Cl2F2NO/c13-8-1-2-9(10(14)7-8)11(18)17-5-3-12(15,16)4-6-17/h1-2,7H,3-6H2. The summed E-state index contributed by atoms with van der Waals surface area (Å²) in [7, 11) is 0. The van der Waals surface area contributed by atoms with Crippen LogP contribution in [0, 0.1) is 0 Å². The molecule has 0 atom stereocenters. The van der Waals surface area contributed by atoms with Crippen LogP contribution in [0.25, 0.3) is 0 Å². The third kappa shape index (κ3) is 2.93. The van der Waals surface area contributed by atoms with E-state index in [1.807, 2.05) is 0 Å². The van der Waals surface area contributed by atoms with Gasteiger partial charge in [0.15, 0.2) is 0 Å². The summed E-state index contributed by atoms with van der Waals surface area (Å²) in [5, 5.41) is 0.673. The topological polar surface area (TPSA) is 20.3 Å². The van der Waals surface area contributed by atoms with Gasteiger partial charge in [0.25, 0.3) is 11.8 Å². The van der Waals surface area contributed by atoms with Crippen LogP contribution in [0.5, 0.6) is 0 Å². The van der Waals surface area contributed by atoms with Gasteiger partial charge in [0.1, 0.15) is 0 Å². The summed E-state index contributed by atoms with van der Waals surface area (Å²) in [6.45, 7) is 0.0928. The van der Waals surface area contributed by atoms with Gasteiger partial charge in [-0.1, -0.05) is 23.2 Å². The van der Waals surface area contributed by atoms with Gasteiger partial charge in [-0.2, -0.15) is 0 Å². The number of nitrogens with zero attached hydrogens (tertiary/aromatic N) is 1. The molecule has 2 nitrogen and oxygen atoms in total. The van der Waals surface area contributed by atoms with Crippen molar-refractivity contribution in [2.24, 2.45) is 0 Å². The van der Waals surface area contributed by atoms with Crippen molar-refractivity contribution in [3.05, 3.63) is 33.8 Å². The molecule has 1 aromatic carbocycles. The highest BCUT2D eigenvalue weighted by molar-refractivity contribution is 6.36. The number of likely N-dealkylation sites (tertiary alicyclic amines) is 1. The fourth-order valence-electron chi connectivity index (χ4n) is 1.87. The number of amides is 1. The van der Waals surface area contributed by atoms with Crippen LogP contribution in [0.15, 0.2) is 18.2 Å². The summed E-state index contributed by atoms with van der Waals surface area (Å²) >= 11 is 11.7. The molecular weight excluding hydrogens is 283 g/mol. The van der Waals surface area contributed by atoms with Crippen molar-refractivity contribution in [2.45, 2.75) is 18.8 Å². The minimum absolute atomic E-state index is 0.0464. The predicted molar refractivity (Wildman–Crippen MR) is 66.5 cm³/mol. The van der Waals surface area contributed by atoms with Crippen molar-refractivity contribution >= 4 is 29.1 Å². The van der Waals surface area contributed by atoms with E-state index in [0.29, 0.717) is 10.6 Å². The van der Waals surface area contributed by atoms with Crippen molar-refractivity contribution in [1.82, 2.24) is 4.90 Å². The smallest absolute Gasteiger partial charge is 0.255 e. The molecule has 1 aliphatic heterocycles. The first kappa shape index (κ1) is 13.6. The lowest BCUT2D eigenvalue weighted by Crippen LogP contribution is -2.42. The summed E-state index contributed by atoms with van der Waals surface area (Å²) < 4.78 is 26.0. The highest BCUT2D eigenvalue weighted by Crippen LogP contribution is 2.29. The molecule has 0 N–H and O–H groups in total. The molecule has 0 aromatic heterocycles. The molecule has 1 saturated heterocycles. The Balaban J connectivity index is 2.13. The molecule has 1 fully saturated rings. The minimum atomic E-state index is -2.67. The number of carbonyl (C=O) groups excluding carboxylic acids is 1. The first-order valence-corrected chi connectivity index (χ1v) is 6.27. The molecule has 98 valence electrons. The molecule has 18 heavy (non-hydrogen) atoms. The maximum absolute atomic E-state index is 13.0. The Morgan fingerprint density at radius 1 is 1.22 bits per heavy atom. The zero-order chi connectivity index (χ0) is 13.3. The van der Waals surface area contributed by atoms with Gasteiger partial charge in [-0.05, 0) is 18.2 Å². The lowest BCUT2D eigenvalue weighted by Gasteiger charge is -2.31. The molecule has 0 spiro atoms. The fourth-order valence-corrected chi connectivity index (χ4v) is 2.36. The first-order valence-electron chi connectivity index (χ1n) is 5.51. The van der Waals surface area contributed by atoms with E-state index in [2.05, 4.69) is 0 Å². The van der Waals surface area contributed by atoms with Crippen LogP contribution in [0.2, 0.25) is 10.0 Å². The van der Waals surface area contributed by atoms with E-state index in [1.54, 1.807) is 6.07 Å². The van der Waals surface area contributed by atoms with Crippen molar-refractivity contribution in [1.29, 1.82) is 0 Å². The van der Waals surface area contributed by atoms with Gasteiger partial charge in [0.2, 0.25) is 0 Å². The summed E-state index contributed by atoms with van der Waals surface area (Å²) in [6, 6.07) is 4.54. The van der Waals surface area contributed by atoms with Gasteiger partial charge in [-0.15, -0.1) is 0 Å². The van der Waals surface area contributed by atoms with Crippen molar-refractivity contribution < 1.29 is 13.6 Å². The third-order valence-corrected chi connectivity index (χ3v) is 3.49. The Kier molecular flexibility index (Phi) is 3.78. The molecule has 0 saturated carbocycles. The van der Waals surface area contributed by atoms with Gasteiger partial charge in [0, 0.05) is 31.0 Å².